The Balaban J connectivity index is 1.79. The smallest absolute Gasteiger partial charge is 0.160 e. The second-order valence-electron chi connectivity index (χ2n) is 8.42. The molecule has 3 rings (SSSR count). The molecule has 7 nitrogen and oxygen atoms in total. The summed E-state index contributed by atoms with van der Waals surface area (Å²) in [5.74, 6) is 1.94. The highest BCUT2D eigenvalue weighted by molar-refractivity contribution is 5.77. The molecule has 7 heteroatoms. The van der Waals surface area contributed by atoms with Crippen LogP contribution < -0.4 is 21.7 Å². The summed E-state index contributed by atoms with van der Waals surface area (Å²) in [6.45, 7) is 10.8. The lowest BCUT2D eigenvalue weighted by Gasteiger charge is -2.46. The summed E-state index contributed by atoms with van der Waals surface area (Å²) < 4.78 is 0. The highest BCUT2D eigenvalue weighted by Crippen LogP contribution is 2.32. The number of aromatic nitrogens is 3. The number of hydrogen-bond donors (Lipinski definition) is 4. The van der Waals surface area contributed by atoms with Gasteiger partial charge in [-0.25, -0.2) is 15.0 Å². The second kappa shape index (κ2) is 6.72. The van der Waals surface area contributed by atoms with Gasteiger partial charge in [0.05, 0.1) is 0 Å². The van der Waals surface area contributed by atoms with E-state index in [-0.39, 0.29) is 17.1 Å². The van der Waals surface area contributed by atoms with E-state index >= 15 is 0 Å². The number of nitrogens with one attached hydrogen (secondary N) is 3. The van der Waals surface area contributed by atoms with Gasteiger partial charge in [0.15, 0.2) is 11.6 Å². The molecule has 0 atom stereocenters. The molecule has 0 aliphatic carbocycles. The van der Waals surface area contributed by atoms with Crippen molar-refractivity contribution in [2.24, 2.45) is 0 Å². The maximum Gasteiger partial charge on any atom is 0.160 e. The van der Waals surface area contributed by atoms with Gasteiger partial charge < -0.3 is 21.7 Å². The fourth-order valence-electron chi connectivity index (χ4n) is 3.96. The van der Waals surface area contributed by atoms with Gasteiger partial charge in [0.25, 0.3) is 0 Å². The van der Waals surface area contributed by atoms with Gasteiger partial charge >= 0.3 is 0 Å². The van der Waals surface area contributed by atoms with Crippen molar-refractivity contribution in [3.8, 4) is 0 Å². The standard InChI is InChI=1S/C19H29N7/c1-12-7-6-8-14(23-12)25-17-15(20)16(21-11-22-17)24-13-9-18(2,3)26-19(4,5)10-13/h6-8,11,13,26H,9-10,20H2,1-5H3,(H2,21,22,23,24,25). The van der Waals surface area contributed by atoms with E-state index in [2.05, 4.69) is 58.6 Å². The molecular formula is C19H29N7. The predicted octanol–water partition coefficient (Wildman–Crippen LogP) is 3.23. The summed E-state index contributed by atoms with van der Waals surface area (Å²) in [5.41, 5.74) is 7.86. The third-order valence-corrected chi connectivity index (χ3v) is 4.55. The monoisotopic (exact) mass is 355 g/mol. The average Bonchev–Trinajstić information content (AvgIpc) is 2.48. The topological polar surface area (TPSA) is 101 Å². The van der Waals surface area contributed by atoms with Crippen molar-refractivity contribution >= 4 is 23.1 Å². The molecule has 0 aromatic carbocycles. The molecule has 140 valence electrons. The highest BCUT2D eigenvalue weighted by atomic mass is 15.1. The lowest BCUT2D eigenvalue weighted by Crippen LogP contribution is -2.60. The first-order chi connectivity index (χ1) is 12.1. The number of anilines is 4. The molecule has 1 saturated heterocycles. The fourth-order valence-corrected chi connectivity index (χ4v) is 3.96. The lowest BCUT2D eigenvalue weighted by atomic mass is 9.79. The number of nitrogens with zero attached hydrogens (tertiary/aromatic N) is 3. The van der Waals surface area contributed by atoms with Crippen LogP contribution in [0, 0.1) is 6.92 Å². The normalized spacial score (nSPS) is 19.1. The van der Waals surface area contributed by atoms with Crippen LogP contribution in [-0.4, -0.2) is 32.1 Å². The Morgan fingerprint density at radius 3 is 2.38 bits per heavy atom. The number of rotatable bonds is 4. The highest BCUT2D eigenvalue weighted by Gasteiger charge is 2.37. The summed E-state index contributed by atoms with van der Waals surface area (Å²) >= 11 is 0. The minimum atomic E-state index is 0.0494. The van der Waals surface area contributed by atoms with E-state index in [1.807, 2.05) is 25.1 Å². The summed E-state index contributed by atoms with van der Waals surface area (Å²) in [6.07, 6.45) is 3.50. The summed E-state index contributed by atoms with van der Waals surface area (Å²) in [7, 11) is 0. The average molecular weight is 355 g/mol. The first-order valence-corrected chi connectivity index (χ1v) is 9.01. The van der Waals surface area contributed by atoms with E-state index in [9.17, 15) is 0 Å². The van der Waals surface area contributed by atoms with Crippen LogP contribution in [0.5, 0.6) is 0 Å². The predicted molar refractivity (Wildman–Crippen MR) is 107 cm³/mol. The Morgan fingerprint density at radius 1 is 1.08 bits per heavy atom. The SMILES string of the molecule is Cc1cccc(Nc2ncnc(NC3CC(C)(C)NC(C)(C)C3)c2N)n1. The number of pyridine rings is 1. The van der Waals surface area contributed by atoms with Gasteiger partial charge in [-0.15, -0.1) is 0 Å². The van der Waals surface area contributed by atoms with Gasteiger partial charge in [0, 0.05) is 22.8 Å². The molecule has 5 N–H and O–H groups in total. The zero-order chi connectivity index (χ0) is 18.9. The molecule has 0 spiro atoms. The Hall–Kier alpha value is -2.41. The molecule has 0 amide bonds. The Labute approximate surface area is 155 Å². The summed E-state index contributed by atoms with van der Waals surface area (Å²) in [6, 6.07) is 6.06. The van der Waals surface area contributed by atoms with Gasteiger partial charge in [-0.2, -0.15) is 0 Å². The van der Waals surface area contributed by atoms with Gasteiger partial charge in [-0.05, 0) is 59.6 Å². The largest absolute Gasteiger partial charge is 0.393 e. The molecule has 26 heavy (non-hydrogen) atoms. The Morgan fingerprint density at radius 2 is 1.73 bits per heavy atom. The minimum Gasteiger partial charge on any atom is -0.393 e. The minimum absolute atomic E-state index is 0.0494. The quantitative estimate of drug-likeness (QED) is 0.668. The van der Waals surface area contributed by atoms with Crippen LogP contribution >= 0.6 is 0 Å². The summed E-state index contributed by atoms with van der Waals surface area (Å²) in [4.78, 5) is 13.1. The first-order valence-electron chi connectivity index (χ1n) is 9.01. The lowest BCUT2D eigenvalue weighted by molar-refractivity contribution is 0.170. The van der Waals surface area contributed by atoms with Gasteiger partial charge in [-0.3, -0.25) is 0 Å². The van der Waals surface area contributed by atoms with E-state index in [0.717, 1.165) is 18.5 Å². The van der Waals surface area contributed by atoms with E-state index < -0.39 is 0 Å². The van der Waals surface area contributed by atoms with Crippen LogP contribution in [0.2, 0.25) is 0 Å². The molecule has 1 fully saturated rings. The van der Waals surface area contributed by atoms with Crippen LogP contribution in [0.4, 0.5) is 23.1 Å². The van der Waals surface area contributed by atoms with Crippen molar-refractivity contribution < 1.29 is 0 Å². The van der Waals surface area contributed by atoms with E-state index in [0.29, 0.717) is 23.1 Å². The molecular weight excluding hydrogens is 326 g/mol. The second-order valence-corrected chi connectivity index (χ2v) is 8.42. The molecule has 0 radical (unpaired) electrons. The number of nitrogens with two attached hydrogens (primary N) is 1. The molecule has 1 aliphatic heterocycles. The van der Waals surface area contributed by atoms with Crippen molar-refractivity contribution in [1.29, 1.82) is 0 Å². The molecule has 0 unspecified atom stereocenters. The Bertz CT molecular complexity index is 769. The summed E-state index contributed by atoms with van der Waals surface area (Å²) in [5, 5.41) is 10.4. The Kier molecular flexibility index (Phi) is 4.75. The molecule has 2 aromatic heterocycles. The van der Waals surface area contributed by atoms with Crippen LogP contribution in [0.3, 0.4) is 0 Å². The van der Waals surface area contributed by atoms with Crippen molar-refractivity contribution in [2.75, 3.05) is 16.4 Å². The third-order valence-electron chi connectivity index (χ3n) is 4.55. The van der Waals surface area contributed by atoms with E-state index in [1.54, 1.807) is 0 Å². The van der Waals surface area contributed by atoms with Crippen LogP contribution in [0.1, 0.15) is 46.2 Å². The van der Waals surface area contributed by atoms with Crippen molar-refractivity contribution in [2.45, 2.75) is 64.6 Å². The molecule has 0 saturated carbocycles. The van der Waals surface area contributed by atoms with Crippen molar-refractivity contribution in [3.05, 3.63) is 30.2 Å². The van der Waals surface area contributed by atoms with Crippen LogP contribution in [-0.2, 0) is 0 Å². The molecule has 0 bridgehead atoms. The number of piperidine rings is 1. The van der Waals surface area contributed by atoms with Crippen LogP contribution in [0.25, 0.3) is 0 Å². The molecule has 2 aromatic rings. The fraction of sp³-hybridized carbons (Fsp3) is 0.526. The number of nitrogen functional groups attached to an aromatic ring is 1. The number of hydrogen-bond acceptors (Lipinski definition) is 7. The first kappa shape index (κ1) is 18.4. The number of aryl methyl sites for hydroxylation is 1. The molecule has 1 aliphatic rings. The van der Waals surface area contributed by atoms with Gasteiger partial charge in [0.1, 0.15) is 17.8 Å². The van der Waals surface area contributed by atoms with Crippen molar-refractivity contribution in [3.63, 3.8) is 0 Å². The maximum absolute atomic E-state index is 6.33. The third kappa shape index (κ3) is 4.40. The maximum atomic E-state index is 6.33. The van der Waals surface area contributed by atoms with E-state index in [1.165, 1.54) is 6.33 Å². The van der Waals surface area contributed by atoms with Crippen molar-refractivity contribution in [1.82, 2.24) is 20.3 Å². The zero-order valence-electron chi connectivity index (χ0n) is 16.2. The van der Waals surface area contributed by atoms with Crippen LogP contribution in [0.15, 0.2) is 24.5 Å². The zero-order valence-corrected chi connectivity index (χ0v) is 16.2. The van der Waals surface area contributed by atoms with Gasteiger partial charge in [0.2, 0.25) is 0 Å². The van der Waals surface area contributed by atoms with E-state index in [4.69, 9.17) is 5.73 Å². The molecule has 3 heterocycles. The van der Waals surface area contributed by atoms with Gasteiger partial charge in [-0.1, -0.05) is 6.07 Å².